The average Bonchev–Trinajstić information content (AvgIpc) is 2.58. The third kappa shape index (κ3) is 12.8. The van der Waals surface area contributed by atoms with Gasteiger partial charge in [0.2, 0.25) is 0 Å². The Morgan fingerprint density at radius 3 is 1.52 bits per heavy atom. The summed E-state index contributed by atoms with van der Waals surface area (Å²) in [5.41, 5.74) is 6.63. The van der Waals surface area contributed by atoms with E-state index in [1.165, 1.54) is 96.3 Å². The largest absolute Gasteiger partial charge is 0.330 e. The van der Waals surface area contributed by atoms with Crippen LogP contribution in [0.5, 0.6) is 0 Å². The van der Waals surface area contributed by atoms with Gasteiger partial charge in [0, 0.05) is 0 Å². The zero-order valence-electron chi connectivity index (χ0n) is 16.4. The summed E-state index contributed by atoms with van der Waals surface area (Å²) >= 11 is 0. The number of hydrogen-bond donors (Lipinski definition) is 1. The highest BCUT2D eigenvalue weighted by Crippen LogP contribution is 2.35. The van der Waals surface area contributed by atoms with E-state index in [4.69, 9.17) is 5.73 Å². The molecule has 0 radical (unpaired) electrons. The topological polar surface area (TPSA) is 26.0 Å². The molecule has 0 saturated carbocycles. The van der Waals surface area contributed by atoms with Crippen LogP contribution in [-0.4, -0.2) is 6.54 Å². The minimum absolute atomic E-state index is 0.393. The molecule has 0 fully saturated rings. The van der Waals surface area contributed by atoms with Gasteiger partial charge < -0.3 is 5.73 Å². The van der Waals surface area contributed by atoms with Crippen molar-refractivity contribution >= 4 is 0 Å². The Morgan fingerprint density at radius 1 is 0.696 bits per heavy atom. The highest BCUT2D eigenvalue weighted by Gasteiger charge is 2.26. The van der Waals surface area contributed by atoms with Crippen molar-refractivity contribution in [2.75, 3.05) is 6.54 Å². The molecule has 0 saturated heterocycles. The predicted octanol–water partition coefficient (Wildman–Crippen LogP) is 7.40. The van der Waals surface area contributed by atoms with E-state index in [0.717, 1.165) is 13.0 Å². The van der Waals surface area contributed by atoms with E-state index in [-0.39, 0.29) is 0 Å². The first kappa shape index (κ1) is 22.7. The van der Waals surface area contributed by atoms with Gasteiger partial charge in [-0.25, -0.2) is 0 Å². The molecule has 0 spiro atoms. The molecule has 0 rings (SSSR count). The molecule has 0 aromatic rings. The lowest BCUT2D eigenvalue weighted by Crippen LogP contribution is -2.30. The fourth-order valence-electron chi connectivity index (χ4n) is 3.65. The second-order valence-corrected chi connectivity index (χ2v) is 7.57. The molecule has 1 heteroatoms. The molecule has 0 aliphatic rings. The van der Waals surface area contributed by atoms with Crippen molar-refractivity contribution in [1.29, 1.82) is 0 Å². The van der Waals surface area contributed by atoms with Crippen molar-refractivity contribution in [3.63, 3.8) is 0 Å². The van der Waals surface area contributed by atoms with Gasteiger partial charge in [-0.3, -0.25) is 0 Å². The van der Waals surface area contributed by atoms with Crippen LogP contribution in [0.1, 0.15) is 117 Å². The van der Waals surface area contributed by atoms with Gasteiger partial charge in [-0.05, 0) is 37.6 Å². The van der Waals surface area contributed by atoms with Gasteiger partial charge >= 0.3 is 0 Å². The summed E-state index contributed by atoms with van der Waals surface area (Å²) in [6.07, 6.45) is 23.8. The molecule has 1 nitrogen and oxygen atoms in total. The molecule has 138 valence electrons. The lowest BCUT2D eigenvalue weighted by Gasteiger charge is -2.33. The van der Waals surface area contributed by atoms with Crippen molar-refractivity contribution in [3.8, 4) is 0 Å². The van der Waals surface area contributed by atoms with Crippen LogP contribution in [0.15, 0.2) is 12.7 Å². The number of nitrogens with two attached hydrogens (primary N) is 1. The molecule has 0 aromatic carbocycles. The standard InChI is InChI=1S/C22H45N/c1-4-7-10-12-14-16-19-22(21-23,18-9-6-3)20-17-15-13-11-8-5-2/h6H,3-5,7-21,23H2,1-2H3. The molecule has 0 aliphatic heterocycles. The van der Waals surface area contributed by atoms with E-state index < -0.39 is 0 Å². The molecule has 23 heavy (non-hydrogen) atoms. The molecule has 0 aromatic heterocycles. The van der Waals surface area contributed by atoms with Crippen LogP contribution in [0.3, 0.4) is 0 Å². The normalized spacial score (nSPS) is 11.8. The number of allylic oxidation sites excluding steroid dienone is 1. The zero-order valence-corrected chi connectivity index (χ0v) is 16.4. The predicted molar refractivity (Wildman–Crippen MR) is 107 cm³/mol. The maximum Gasteiger partial charge on any atom is -0.00204 e. The molecule has 0 atom stereocenters. The summed E-state index contributed by atoms with van der Waals surface area (Å²) in [7, 11) is 0. The van der Waals surface area contributed by atoms with Gasteiger partial charge in [0.05, 0.1) is 0 Å². The molecule has 0 bridgehead atoms. The summed E-state index contributed by atoms with van der Waals surface area (Å²) in [4.78, 5) is 0. The Morgan fingerprint density at radius 2 is 1.13 bits per heavy atom. The van der Waals surface area contributed by atoms with Gasteiger partial charge in [-0.1, -0.05) is 97.0 Å². The van der Waals surface area contributed by atoms with Crippen LogP contribution in [0.2, 0.25) is 0 Å². The molecule has 2 N–H and O–H groups in total. The molecular weight excluding hydrogens is 278 g/mol. The summed E-state index contributed by atoms with van der Waals surface area (Å²) in [6.45, 7) is 9.36. The first-order valence-corrected chi connectivity index (χ1v) is 10.6. The van der Waals surface area contributed by atoms with Gasteiger partial charge in [0.25, 0.3) is 0 Å². The summed E-state index contributed by atoms with van der Waals surface area (Å²) in [5.74, 6) is 0. The third-order valence-electron chi connectivity index (χ3n) is 5.43. The molecule has 0 aliphatic carbocycles. The second-order valence-electron chi connectivity index (χ2n) is 7.57. The van der Waals surface area contributed by atoms with Crippen LogP contribution in [-0.2, 0) is 0 Å². The molecular formula is C22H45N. The quantitative estimate of drug-likeness (QED) is 0.206. The smallest absolute Gasteiger partial charge is 0.00204 e. The van der Waals surface area contributed by atoms with Crippen molar-refractivity contribution in [2.45, 2.75) is 117 Å². The lowest BCUT2D eigenvalue weighted by molar-refractivity contribution is 0.213. The Labute approximate surface area is 147 Å². The summed E-state index contributed by atoms with van der Waals surface area (Å²) in [5, 5.41) is 0. The fourth-order valence-corrected chi connectivity index (χ4v) is 3.65. The van der Waals surface area contributed by atoms with Crippen LogP contribution in [0.4, 0.5) is 0 Å². The average molecular weight is 324 g/mol. The van der Waals surface area contributed by atoms with E-state index in [0.29, 0.717) is 5.41 Å². The second kappa shape index (κ2) is 16.6. The van der Waals surface area contributed by atoms with Crippen LogP contribution < -0.4 is 5.73 Å². The number of rotatable bonds is 18. The van der Waals surface area contributed by atoms with E-state index in [1.807, 2.05) is 0 Å². The Kier molecular flexibility index (Phi) is 16.3. The van der Waals surface area contributed by atoms with Gasteiger partial charge in [0.15, 0.2) is 0 Å². The maximum atomic E-state index is 6.24. The van der Waals surface area contributed by atoms with E-state index in [9.17, 15) is 0 Å². The number of hydrogen-bond acceptors (Lipinski definition) is 1. The maximum absolute atomic E-state index is 6.24. The third-order valence-corrected chi connectivity index (χ3v) is 5.43. The Bertz CT molecular complexity index is 230. The fraction of sp³-hybridized carbons (Fsp3) is 0.909. The van der Waals surface area contributed by atoms with Crippen molar-refractivity contribution < 1.29 is 0 Å². The first-order chi connectivity index (χ1) is 11.2. The lowest BCUT2D eigenvalue weighted by atomic mass is 9.74. The molecule has 0 amide bonds. The monoisotopic (exact) mass is 323 g/mol. The van der Waals surface area contributed by atoms with Crippen LogP contribution in [0.25, 0.3) is 0 Å². The minimum Gasteiger partial charge on any atom is -0.330 e. The van der Waals surface area contributed by atoms with E-state index >= 15 is 0 Å². The van der Waals surface area contributed by atoms with Crippen molar-refractivity contribution in [1.82, 2.24) is 0 Å². The van der Waals surface area contributed by atoms with Crippen molar-refractivity contribution in [3.05, 3.63) is 12.7 Å². The SMILES string of the molecule is C=CCCC(CN)(CCCCCCCC)CCCCCCCC. The highest BCUT2D eigenvalue weighted by atomic mass is 14.6. The molecule has 0 unspecified atom stereocenters. The van der Waals surface area contributed by atoms with E-state index in [1.54, 1.807) is 0 Å². The highest BCUT2D eigenvalue weighted by molar-refractivity contribution is 4.83. The van der Waals surface area contributed by atoms with Crippen LogP contribution >= 0.6 is 0 Å². The summed E-state index contributed by atoms with van der Waals surface area (Å²) < 4.78 is 0. The summed E-state index contributed by atoms with van der Waals surface area (Å²) in [6, 6.07) is 0. The Balaban J connectivity index is 4.09. The number of unbranched alkanes of at least 4 members (excludes halogenated alkanes) is 10. The first-order valence-electron chi connectivity index (χ1n) is 10.6. The minimum atomic E-state index is 0.393. The van der Waals surface area contributed by atoms with Gasteiger partial charge in [-0.2, -0.15) is 0 Å². The van der Waals surface area contributed by atoms with Gasteiger partial charge in [-0.15, -0.1) is 6.58 Å². The molecule has 0 heterocycles. The van der Waals surface area contributed by atoms with E-state index in [2.05, 4.69) is 26.5 Å². The van der Waals surface area contributed by atoms with Crippen LogP contribution in [0, 0.1) is 5.41 Å². The van der Waals surface area contributed by atoms with Crippen molar-refractivity contribution in [2.24, 2.45) is 11.1 Å². The zero-order chi connectivity index (χ0) is 17.2. The Hall–Kier alpha value is -0.300. The van der Waals surface area contributed by atoms with Gasteiger partial charge in [0.1, 0.15) is 0 Å².